The molecule has 2 heterocycles. The standard InChI is InChI=1S/C18H27N3OS2/c1-4-14-11(2)24-18-16(14)17(19-12(3)20-18)23-10-15(22)21-13-8-6-5-7-9-13/h11,13-14H,4-10H2,1-3H3,(H,21,22)/t11-,14-/m0/s1. The molecule has 1 saturated carbocycles. The first-order chi connectivity index (χ1) is 11.6. The first-order valence-electron chi connectivity index (χ1n) is 9.05. The second-order valence-electron chi connectivity index (χ2n) is 6.82. The van der Waals surface area contributed by atoms with E-state index in [2.05, 4.69) is 29.1 Å². The van der Waals surface area contributed by atoms with Gasteiger partial charge in [-0.1, -0.05) is 44.9 Å². The van der Waals surface area contributed by atoms with Crippen molar-refractivity contribution in [2.24, 2.45) is 0 Å². The Morgan fingerprint density at radius 1 is 1.29 bits per heavy atom. The SMILES string of the molecule is CC[C@@H]1c2c(SCC(=O)NC3CCCCC3)nc(C)nc2S[C@H]1C. The average molecular weight is 366 g/mol. The summed E-state index contributed by atoms with van der Waals surface area (Å²) >= 11 is 3.43. The van der Waals surface area contributed by atoms with E-state index in [1.807, 2.05) is 18.7 Å². The van der Waals surface area contributed by atoms with Crippen molar-refractivity contribution >= 4 is 29.4 Å². The van der Waals surface area contributed by atoms with Crippen molar-refractivity contribution in [1.82, 2.24) is 15.3 Å². The van der Waals surface area contributed by atoms with Gasteiger partial charge < -0.3 is 5.32 Å². The van der Waals surface area contributed by atoms with E-state index in [0.717, 1.165) is 35.1 Å². The third kappa shape index (κ3) is 4.07. The van der Waals surface area contributed by atoms with Crippen molar-refractivity contribution in [3.63, 3.8) is 0 Å². The van der Waals surface area contributed by atoms with Gasteiger partial charge in [-0.25, -0.2) is 9.97 Å². The maximum absolute atomic E-state index is 12.3. The Balaban J connectivity index is 1.66. The summed E-state index contributed by atoms with van der Waals surface area (Å²) in [7, 11) is 0. The lowest BCUT2D eigenvalue weighted by molar-refractivity contribution is -0.119. The molecular formula is C18H27N3OS2. The minimum Gasteiger partial charge on any atom is -0.353 e. The third-order valence-corrected chi connectivity index (χ3v) is 7.20. The number of nitrogens with zero attached hydrogens (tertiary/aromatic N) is 2. The van der Waals surface area contributed by atoms with Crippen LogP contribution in [0.4, 0.5) is 0 Å². The van der Waals surface area contributed by atoms with Gasteiger partial charge in [-0.15, -0.1) is 11.8 Å². The lowest BCUT2D eigenvalue weighted by Crippen LogP contribution is -2.37. The number of aromatic nitrogens is 2. The highest BCUT2D eigenvalue weighted by Crippen LogP contribution is 2.48. The van der Waals surface area contributed by atoms with E-state index in [9.17, 15) is 4.79 Å². The van der Waals surface area contributed by atoms with Crippen LogP contribution in [0.3, 0.4) is 0 Å². The van der Waals surface area contributed by atoms with Gasteiger partial charge in [0, 0.05) is 22.8 Å². The van der Waals surface area contributed by atoms with E-state index in [0.29, 0.717) is 23.0 Å². The number of carbonyl (C=O) groups excluding carboxylic acids is 1. The second kappa shape index (κ2) is 8.09. The first-order valence-corrected chi connectivity index (χ1v) is 10.9. The summed E-state index contributed by atoms with van der Waals surface area (Å²) < 4.78 is 0. The summed E-state index contributed by atoms with van der Waals surface area (Å²) in [5, 5.41) is 5.87. The Kier molecular flexibility index (Phi) is 6.08. The molecule has 1 aromatic rings. The maximum atomic E-state index is 12.3. The van der Waals surface area contributed by atoms with Gasteiger partial charge in [0.15, 0.2) is 0 Å². The van der Waals surface area contributed by atoms with E-state index in [1.54, 1.807) is 11.8 Å². The molecule has 2 atom stereocenters. The number of fused-ring (bicyclic) bond motifs is 1. The van der Waals surface area contributed by atoms with Gasteiger partial charge in [0.25, 0.3) is 0 Å². The lowest BCUT2D eigenvalue weighted by atomic mass is 9.95. The molecule has 24 heavy (non-hydrogen) atoms. The fourth-order valence-corrected chi connectivity index (χ4v) is 6.15. The predicted octanol–water partition coefficient (Wildman–Crippen LogP) is 4.31. The van der Waals surface area contributed by atoms with Crippen LogP contribution in [0.2, 0.25) is 0 Å². The molecule has 0 saturated heterocycles. The number of hydrogen-bond acceptors (Lipinski definition) is 5. The Morgan fingerprint density at radius 3 is 2.75 bits per heavy atom. The van der Waals surface area contributed by atoms with Crippen LogP contribution in [0.1, 0.15) is 69.7 Å². The highest BCUT2D eigenvalue weighted by atomic mass is 32.2. The molecule has 0 bridgehead atoms. The molecule has 6 heteroatoms. The molecule has 0 aromatic carbocycles. The van der Waals surface area contributed by atoms with Crippen LogP contribution in [0.15, 0.2) is 10.1 Å². The van der Waals surface area contributed by atoms with E-state index in [1.165, 1.54) is 24.8 Å². The summed E-state index contributed by atoms with van der Waals surface area (Å²) in [5.74, 6) is 1.90. The van der Waals surface area contributed by atoms with Crippen LogP contribution >= 0.6 is 23.5 Å². The third-order valence-electron chi connectivity index (χ3n) is 4.97. The number of rotatable bonds is 5. The Hall–Kier alpha value is -0.750. The van der Waals surface area contributed by atoms with Gasteiger partial charge in [0.1, 0.15) is 15.9 Å². The molecule has 1 fully saturated rings. The van der Waals surface area contributed by atoms with Crippen LogP contribution in [0.5, 0.6) is 0 Å². The fourth-order valence-electron chi connectivity index (χ4n) is 3.73. The van der Waals surface area contributed by atoms with Crippen molar-refractivity contribution in [3.05, 3.63) is 11.4 Å². The summed E-state index contributed by atoms with van der Waals surface area (Å²) in [5.41, 5.74) is 1.27. The number of carbonyl (C=O) groups is 1. The molecule has 1 amide bonds. The Morgan fingerprint density at radius 2 is 2.04 bits per heavy atom. The zero-order chi connectivity index (χ0) is 17.1. The Bertz CT molecular complexity index is 602. The van der Waals surface area contributed by atoms with Gasteiger partial charge in [-0.3, -0.25) is 4.79 Å². The molecular weight excluding hydrogens is 338 g/mol. The van der Waals surface area contributed by atoms with Crippen LogP contribution in [-0.2, 0) is 4.79 Å². The summed E-state index contributed by atoms with van der Waals surface area (Å²) in [6, 6.07) is 0.378. The summed E-state index contributed by atoms with van der Waals surface area (Å²) in [6.07, 6.45) is 7.14. The largest absolute Gasteiger partial charge is 0.353 e. The zero-order valence-electron chi connectivity index (χ0n) is 14.8. The van der Waals surface area contributed by atoms with Crippen LogP contribution in [0, 0.1) is 6.92 Å². The van der Waals surface area contributed by atoms with Gasteiger partial charge in [0.2, 0.25) is 5.91 Å². The van der Waals surface area contributed by atoms with Gasteiger partial charge in [-0.05, 0) is 26.2 Å². The van der Waals surface area contributed by atoms with Crippen LogP contribution in [0.25, 0.3) is 0 Å². The van der Waals surface area contributed by atoms with Gasteiger partial charge >= 0.3 is 0 Å². The van der Waals surface area contributed by atoms with E-state index in [-0.39, 0.29) is 5.91 Å². The van der Waals surface area contributed by atoms with E-state index in [4.69, 9.17) is 0 Å². The van der Waals surface area contributed by atoms with Crippen molar-refractivity contribution < 1.29 is 4.79 Å². The lowest BCUT2D eigenvalue weighted by Gasteiger charge is -2.22. The molecule has 2 aliphatic rings. The summed E-state index contributed by atoms with van der Waals surface area (Å²) in [4.78, 5) is 21.6. The van der Waals surface area contributed by atoms with Crippen LogP contribution in [-0.4, -0.2) is 32.9 Å². The first kappa shape index (κ1) is 18.1. The van der Waals surface area contributed by atoms with Crippen molar-refractivity contribution in [2.45, 2.75) is 86.6 Å². The molecule has 3 rings (SSSR count). The molecule has 0 spiro atoms. The number of thioether (sulfide) groups is 2. The summed E-state index contributed by atoms with van der Waals surface area (Å²) in [6.45, 7) is 6.43. The zero-order valence-corrected chi connectivity index (χ0v) is 16.4. The van der Waals surface area contributed by atoms with E-state index < -0.39 is 0 Å². The second-order valence-corrected chi connectivity index (χ2v) is 9.15. The number of aryl methyl sites for hydroxylation is 1. The highest BCUT2D eigenvalue weighted by molar-refractivity contribution is 8.01. The number of hydrogen-bond donors (Lipinski definition) is 1. The minimum absolute atomic E-state index is 0.142. The molecule has 4 nitrogen and oxygen atoms in total. The van der Waals surface area contributed by atoms with Gasteiger partial charge in [-0.2, -0.15) is 0 Å². The molecule has 1 aliphatic heterocycles. The molecule has 132 valence electrons. The smallest absolute Gasteiger partial charge is 0.230 e. The molecule has 1 aromatic heterocycles. The van der Waals surface area contributed by atoms with Crippen molar-refractivity contribution in [2.75, 3.05) is 5.75 Å². The molecule has 0 radical (unpaired) electrons. The van der Waals surface area contributed by atoms with Crippen LogP contribution < -0.4 is 5.32 Å². The number of nitrogens with one attached hydrogen (secondary N) is 1. The van der Waals surface area contributed by atoms with Crippen molar-refractivity contribution in [1.29, 1.82) is 0 Å². The highest BCUT2D eigenvalue weighted by Gasteiger charge is 2.33. The monoisotopic (exact) mass is 365 g/mol. The topological polar surface area (TPSA) is 54.9 Å². The van der Waals surface area contributed by atoms with E-state index >= 15 is 0 Å². The molecule has 0 unspecified atom stereocenters. The Labute approximate surface area is 153 Å². The normalized spacial score (nSPS) is 24.0. The minimum atomic E-state index is 0.142. The number of amides is 1. The predicted molar refractivity (Wildman–Crippen MR) is 101 cm³/mol. The quantitative estimate of drug-likeness (QED) is 0.622. The van der Waals surface area contributed by atoms with Gasteiger partial charge in [0.05, 0.1) is 5.75 Å². The molecule has 1 aliphatic carbocycles. The fraction of sp³-hybridized carbons (Fsp3) is 0.722. The van der Waals surface area contributed by atoms with Crippen molar-refractivity contribution in [3.8, 4) is 0 Å². The molecule has 1 N–H and O–H groups in total. The average Bonchev–Trinajstić information content (AvgIpc) is 2.88. The maximum Gasteiger partial charge on any atom is 0.230 e.